The third kappa shape index (κ3) is 6.07. The Morgan fingerprint density at radius 2 is 2.04 bits per heavy atom. The topological polar surface area (TPSA) is 72.9 Å². The lowest BCUT2D eigenvalue weighted by molar-refractivity contribution is -0.139. The zero-order valence-electron chi connectivity index (χ0n) is 15.5. The van der Waals surface area contributed by atoms with Gasteiger partial charge in [0.25, 0.3) is 0 Å². The number of rotatable bonds is 8. The number of aliphatic carboxylic acids is 1. The van der Waals surface area contributed by atoms with Crippen LogP contribution in [0.15, 0.2) is 18.2 Å². The molecule has 0 saturated carbocycles. The Kier molecular flexibility index (Phi) is 7.53. The predicted octanol–water partition coefficient (Wildman–Crippen LogP) is 1.62. The highest BCUT2D eigenvalue weighted by molar-refractivity contribution is 5.78. The number of likely N-dealkylation sites (tertiary alicyclic amines) is 1. The van der Waals surface area contributed by atoms with Crippen LogP contribution in [0.1, 0.15) is 30.9 Å². The lowest BCUT2D eigenvalue weighted by atomic mass is 10.0. The first-order valence-electron chi connectivity index (χ1n) is 9.09. The summed E-state index contributed by atoms with van der Waals surface area (Å²) in [4.78, 5) is 27.1. The molecule has 7 heteroatoms. The second-order valence-electron chi connectivity index (χ2n) is 6.82. The Morgan fingerprint density at radius 3 is 2.62 bits per heavy atom. The molecule has 0 unspecified atom stereocenters. The second kappa shape index (κ2) is 9.64. The minimum absolute atomic E-state index is 0.0642. The highest BCUT2D eigenvalue weighted by Crippen LogP contribution is 2.16. The van der Waals surface area contributed by atoms with Crippen LogP contribution >= 0.6 is 0 Å². The summed E-state index contributed by atoms with van der Waals surface area (Å²) >= 11 is 0. The summed E-state index contributed by atoms with van der Waals surface area (Å²) in [5.74, 6) is -1.15. The van der Waals surface area contributed by atoms with E-state index in [1.807, 2.05) is 17.9 Å². The molecule has 26 heavy (non-hydrogen) atoms. The Hall–Kier alpha value is -1.99. The summed E-state index contributed by atoms with van der Waals surface area (Å²) in [6.45, 7) is 6.62. The van der Waals surface area contributed by atoms with Gasteiger partial charge in [0, 0.05) is 25.7 Å². The van der Waals surface area contributed by atoms with Crippen LogP contribution in [0.4, 0.5) is 4.39 Å². The number of piperidine rings is 1. The Balaban J connectivity index is 1.73. The molecule has 144 valence electrons. The number of carboxylic acids is 1. The molecule has 1 aliphatic rings. The van der Waals surface area contributed by atoms with Gasteiger partial charge in [-0.1, -0.05) is 19.1 Å². The highest BCUT2D eigenvalue weighted by atomic mass is 19.1. The molecule has 1 fully saturated rings. The van der Waals surface area contributed by atoms with Gasteiger partial charge >= 0.3 is 5.97 Å². The van der Waals surface area contributed by atoms with Crippen LogP contribution in [0.5, 0.6) is 0 Å². The molecule has 0 atom stereocenters. The van der Waals surface area contributed by atoms with Gasteiger partial charge in [-0.25, -0.2) is 4.39 Å². The molecule has 1 heterocycles. The van der Waals surface area contributed by atoms with Crippen LogP contribution in [0.25, 0.3) is 0 Å². The fourth-order valence-electron chi connectivity index (χ4n) is 3.32. The molecule has 1 aromatic rings. The second-order valence-corrected chi connectivity index (χ2v) is 6.82. The molecule has 0 radical (unpaired) electrons. The monoisotopic (exact) mass is 365 g/mol. The Morgan fingerprint density at radius 1 is 1.35 bits per heavy atom. The maximum Gasteiger partial charge on any atom is 0.317 e. The number of carboxylic acid groups (broad SMARTS) is 1. The molecule has 1 aliphatic heterocycles. The first kappa shape index (κ1) is 20.3. The minimum Gasteiger partial charge on any atom is -0.480 e. The number of nitrogens with zero attached hydrogens (tertiary/aromatic N) is 2. The number of halogens is 1. The maximum atomic E-state index is 13.5. The van der Waals surface area contributed by atoms with E-state index in [0.717, 1.165) is 31.5 Å². The molecule has 1 saturated heterocycles. The van der Waals surface area contributed by atoms with Crippen LogP contribution in [0.2, 0.25) is 0 Å². The van der Waals surface area contributed by atoms with E-state index in [2.05, 4.69) is 10.2 Å². The Labute approximate surface area is 154 Å². The molecule has 6 nitrogen and oxygen atoms in total. The fraction of sp³-hybridized carbons (Fsp3) is 0.579. The van der Waals surface area contributed by atoms with Crippen molar-refractivity contribution in [2.45, 2.75) is 39.3 Å². The maximum absolute atomic E-state index is 13.5. The third-order valence-corrected chi connectivity index (χ3v) is 4.91. The number of benzene rings is 1. The molecule has 2 rings (SSSR count). The molecule has 0 aliphatic carbocycles. The number of carbonyl (C=O) groups is 2. The molecule has 0 bridgehead atoms. The molecule has 2 N–H and O–H groups in total. The number of likely N-dealkylation sites (N-methyl/N-ethyl adjacent to an activating group) is 1. The summed E-state index contributed by atoms with van der Waals surface area (Å²) < 4.78 is 13.5. The smallest absolute Gasteiger partial charge is 0.317 e. The van der Waals surface area contributed by atoms with Crippen molar-refractivity contribution in [2.24, 2.45) is 0 Å². The van der Waals surface area contributed by atoms with E-state index in [9.17, 15) is 14.0 Å². The lowest BCUT2D eigenvalue weighted by Crippen LogP contribution is -2.48. The van der Waals surface area contributed by atoms with Gasteiger partial charge in [0.15, 0.2) is 0 Å². The zero-order valence-corrected chi connectivity index (χ0v) is 15.5. The van der Waals surface area contributed by atoms with Crippen molar-refractivity contribution in [1.82, 2.24) is 15.1 Å². The summed E-state index contributed by atoms with van der Waals surface area (Å²) in [5.41, 5.74) is 1.33. The summed E-state index contributed by atoms with van der Waals surface area (Å²) in [6, 6.07) is 5.22. The van der Waals surface area contributed by atoms with Gasteiger partial charge in [0.2, 0.25) is 5.91 Å². The lowest BCUT2D eigenvalue weighted by Gasteiger charge is -2.37. The average molecular weight is 365 g/mol. The van der Waals surface area contributed by atoms with Gasteiger partial charge in [0.1, 0.15) is 5.82 Å². The zero-order chi connectivity index (χ0) is 19.1. The van der Waals surface area contributed by atoms with Crippen molar-refractivity contribution in [3.63, 3.8) is 0 Å². The number of carbonyl (C=O) groups excluding carboxylic acids is 1. The van der Waals surface area contributed by atoms with E-state index in [1.54, 1.807) is 13.0 Å². The number of aryl methyl sites for hydroxylation is 1. The highest BCUT2D eigenvalue weighted by Gasteiger charge is 2.25. The molecular weight excluding hydrogens is 337 g/mol. The van der Waals surface area contributed by atoms with Gasteiger partial charge in [-0.2, -0.15) is 0 Å². The van der Waals surface area contributed by atoms with Gasteiger partial charge in [-0.05, 0) is 43.5 Å². The molecule has 0 aromatic heterocycles. The average Bonchev–Trinajstić information content (AvgIpc) is 2.61. The standard InChI is InChI=1S/C19H28FN3O3/c1-3-23(13-19(25)26)16-6-8-22(9-7-16)12-18(24)21-11-15-5-4-14(2)17(20)10-15/h4-5,10,16H,3,6-9,11-13H2,1-2H3,(H,21,24)(H,25,26). The largest absolute Gasteiger partial charge is 0.480 e. The predicted molar refractivity (Wildman–Crippen MR) is 97.3 cm³/mol. The molecular formula is C19H28FN3O3. The number of nitrogens with one attached hydrogen (secondary N) is 1. The SMILES string of the molecule is CCN(CC(=O)O)C1CCN(CC(=O)NCc2ccc(C)c(F)c2)CC1. The van der Waals surface area contributed by atoms with Crippen molar-refractivity contribution in [1.29, 1.82) is 0 Å². The van der Waals surface area contributed by atoms with E-state index < -0.39 is 5.97 Å². The summed E-state index contributed by atoms with van der Waals surface area (Å²) in [5, 5.41) is 11.8. The normalized spacial score (nSPS) is 16.0. The van der Waals surface area contributed by atoms with Crippen molar-refractivity contribution in [3.8, 4) is 0 Å². The number of hydrogen-bond acceptors (Lipinski definition) is 4. The van der Waals surface area contributed by atoms with Crippen molar-refractivity contribution >= 4 is 11.9 Å². The molecule has 1 amide bonds. The van der Waals surface area contributed by atoms with E-state index in [4.69, 9.17) is 5.11 Å². The van der Waals surface area contributed by atoms with Crippen molar-refractivity contribution in [3.05, 3.63) is 35.1 Å². The van der Waals surface area contributed by atoms with Crippen LogP contribution in [0.3, 0.4) is 0 Å². The van der Waals surface area contributed by atoms with Gasteiger partial charge in [0.05, 0.1) is 13.1 Å². The summed E-state index contributed by atoms with van der Waals surface area (Å²) in [6.07, 6.45) is 1.72. The van der Waals surface area contributed by atoms with E-state index in [-0.39, 0.29) is 24.3 Å². The van der Waals surface area contributed by atoms with Crippen LogP contribution in [0, 0.1) is 12.7 Å². The van der Waals surface area contributed by atoms with Crippen LogP contribution in [-0.4, -0.2) is 65.5 Å². The minimum atomic E-state index is -0.804. The summed E-state index contributed by atoms with van der Waals surface area (Å²) in [7, 11) is 0. The van der Waals surface area contributed by atoms with Crippen LogP contribution in [-0.2, 0) is 16.1 Å². The third-order valence-electron chi connectivity index (χ3n) is 4.91. The number of hydrogen-bond donors (Lipinski definition) is 2. The van der Waals surface area contributed by atoms with E-state index >= 15 is 0 Å². The quantitative estimate of drug-likeness (QED) is 0.732. The number of amides is 1. The first-order chi connectivity index (χ1) is 12.4. The van der Waals surface area contributed by atoms with Crippen molar-refractivity contribution < 1.29 is 19.1 Å². The molecule has 1 aromatic carbocycles. The van der Waals surface area contributed by atoms with Gasteiger partial charge in [-0.3, -0.25) is 19.4 Å². The first-order valence-corrected chi connectivity index (χ1v) is 9.09. The Bertz CT molecular complexity index is 630. The van der Waals surface area contributed by atoms with Gasteiger partial charge in [-0.15, -0.1) is 0 Å². The fourth-order valence-corrected chi connectivity index (χ4v) is 3.32. The van der Waals surface area contributed by atoms with Gasteiger partial charge < -0.3 is 10.4 Å². The van der Waals surface area contributed by atoms with E-state index in [1.165, 1.54) is 6.07 Å². The van der Waals surface area contributed by atoms with E-state index in [0.29, 0.717) is 25.2 Å². The van der Waals surface area contributed by atoms with Crippen molar-refractivity contribution in [2.75, 3.05) is 32.7 Å². The molecule has 0 spiro atoms. The van der Waals surface area contributed by atoms with Crippen LogP contribution < -0.4 is 5.32 Å².